The van der Waals surface area contributed by atoms with E-state index in [9.17, 15) is 9.59 Å². The first kappa shape index (κ1) is 15.0. The SMILES string of the molecule is CC(C)NCCCC(=O)N1CCC[C@@H](C(=O)O)C1. The molecular weight excluding hydrogens is 232 g/mol. The molecule has 0 saturated carbocycles. The molecule has 1 rings (SSSR count). The number of hydrogen-bond acceptors (Lipinski definition) is 3. The van der Waals surface area contributed by atoms with E-state index in [0.717, 1.165) is 19.4 Å². The fraction of sp³-hybridized carbons (Fsp3) is 0.846. The van der Waals surface area contributed by atoms with Crippen LogP contribution in [0.1, 0.15) is 39.5 Å². The van der Waals surface area contributed by atoms with E-state index in [-0.39, 0.29) is 11.8 Å². The Hall–Kier alpha value is -1.10. The van der Waals surface area contributed by atoms with Crippen molar-refractivity contribution in [2.45, 2.75) is 45.6 Å². The van der Waals surface area contributed by atoms with Crippen molar-refractivity contribution in [3.63, 3.8) is 0 Å². The van der Waals surface area contributed by atoms with Crippen molar-refractivity contribution in [3.8, 4) is 0 Å². The minimum Gasteiger partial charge on any atom is -0.481 e. The van der Waals surface area contributed by atoms with Gasteiger partial charge in [0.1, 0.15) is 0 Å². The maximum Gasteiger partial charge on any atom is 0.308 e. The van der Waals surface area contributed by atoms with Gasteiger partial charge in [-0.2, -0.15) is 0 Å². The smallest absolute Gasteiger partial charge is 0.308 e. The number of aliphatic carboxylic acids is 1. The molecule has 1 saturated heterocycles. The third kappa shape index (κ3) is 5.04. The summed E-state index contributed by atoms with van der Waals surface area (Å²) in [6, 6.07) is 0.437. The summed E-state index contributed by atoms with van der Waals surface area (Å²) in [5, 5.41) is 12.2. The lowest BCUT2D eigenvalue weighted by atomic mass is 9.98. The molecule has 5 heteroatoms. The summed E-state index contributed by atoms with van der Waals surface area (Å²) in [5.41, 5.74) is 0. The number of carboxylic acids is 1. The number of carboxylic acid groups (broad SMARTS) is 1. The van der Waals surface area contributed by atoms with Gasteiger partial charge < -0.3 is 15.3 Å². The summed E-state index contributed by atoms with van der Waals surface area (Å²) in [5.74, 6) is -1.07. The average molecular weight is 256 g/mol. The van der Waals surface area contributed by atoms with Gasteiger partial charge in [0.15, 0.2) is 0 Å². The van der Waals surface area contributed by atoms with Crippen molar-refractivity contribution in [1.82, 2.24) is 10.2 Å². The molecule has 1 aliphatic heterocycles. The summed E-state index contributed by atoms with van der Waals surface area (Å²) in [7, 11) is 0. The van der Waals surface area contributed by atoms with Gasteiger partial charge in [0.2, 0.25) is 5.91 Å². The van der Waals surface area contributed by atoms with E-state index in [0.29, 0.717) is 32.0 Å². The molecule has 0 aromatic heterocycles. The zero-order valence-electron chi connectivity index (χ0n) is 11.3. The zero-order chi connectivity index (χ0) is 13.5. The summed E-state index contributed by atoms with van der Waals surface area (Å²) >= 11 is 0. The molecule has 2 N–H and O–H groups in total. The first-order valence-corrected chi connectivity index (χ1v) is 6.74. The predicted octanol–water partition coefficient (Wildman–Crippen LogP) is 1.09. The monoisotopic (exact) mass is 256 g/mol. The molecule has 0 unspecified atom stereocenters. The Labute approximate surface area is 109 Å². The second kappa shape index (κ2) is 7.36. The van der Waals surface area contributed by atoms with E-state index < -0.39 is 5.97 Å². The van der Waals surface area contributed by atoms with Crippen LogP contribution in [0.2, 0.25) is 0 Å². The summed E-state index contributed by atoms with van der Waals surface area (Å²) in [6.07, 6.45) is 2.80. The molecule has 1 amide bonds. The van der Waals surface area contributed by atoms with Crippen LogP contribution >= 0.6 is 0 Å². The Morgan fingerprint density at radius 2 is 2.17 bits per heavy atom. The first-order valence-electron chi connectivity index (χ1n) is 6.74. The predicted molar refractivity (Wildman–Crippen MR) is 69.3 cm³/mol. The molecule has 1 atom stereocenters. The highest BCUT2D eigenvalue weighted by Gasteiger charge is 2.27. The minimum absolute atomic E-state index is 0.0894. The molecule has 0 aliphatic carbocycles. The van der Waals surface area contributed by atoms with Gasteiger partial charge in [0, 0.05) is 25.6 Å². The van der Waals surface area contributed by atoms with Gasteiger partial charge in [0.25, 0.3) is 0 Å². The molecule has 1 fully saturated rings. The largest absolute Gasteiger partial charge is 0.481 e. The van der Waals surface area contributed by atoms with E-state index in [1.165, 1.54) is 0 Å². The fourth-order valence-corrected chi connectivity index (χ4v) is 2.19. The molecule has 1 aliphatic rings. The molecule has 0 spiro atoms. The number of amides is 1. The number of piperidine rings is 1. The minimum atomic E-state index is -0.783. The average Bonchev–Trinajstić information content (AvgIpc) is 2.34. The van der Waals surface area contributed by atoms with Crippen LogP contribution in [0.25, 0.3) is 0 Å². The van der Waals surface area contributed by atoms with Crippen molar-refractivity contribution in [2.75, 3.05) is 19.6 Å². The maximum absolute atomic E-state index is 11.9. The van der Waals surface area contributed by atoms with E-state index in [1.807, 2.05) is 0 Å². The summed E-state index contributed by atoms with van der Waals surface area (Å²) in [4.78, 5) is 24.5. The van der Waals surface area contributed by atoms with Gasteiger partial charge in [-0.05, 0) is 25.8 Å². The van der Waals surface area contributed by atoms with Crippen LogP contribution in [0, 0.1) is 5.92 Å². The van der Waals surface area contributed by atoms with Gasteiger partial charge in [-0.25, -0.2) is 0 Å². The van der Waals surface area contributed by atoms with E-state index in [1.54, 1.807) is 4.90 Å². The normalized spacial score (nSPS) is 20.2. The molecule has 1 heterocycles. The Morgan fingerprint density at radius 1 is 1.44 bits per heavy atom. The van der Waals surface area contributed by atoms with Crippen LogP contribution in [0.5, 0.6) is 0 Å². The second-order valence-corrected chi connectivity index (χ2v) is 5.23. The number of carbonyl (C=O) groups is 2. The van der Waals surface area contributed by atoms with E-state index in [4.69, 9.17) is 5.11 Å². The molecular formula is C13H24N2O3. The number of nitrogens with zero attached hydrogens (tertiary/aromatic N) is 1. The Kier molecular flexibility index (Phi) is 6.12. The standard InChI is InChI=1S/C13H24N2O3/c1-10(2)14-7-3-6-12(16)15-8-4-5-11(9-15)13(17)18/h10-11,14H,3-9H2,1-2H3,(H,17,18)/t11-/m1/s1. The number of carbonyl (C=O) groups excluding carboxylic acids is 1. The maximum atomic E-state index is 11.9. The Balaban J connectivity index is 2.26. The van der Waals surface area contributed by atoms with Crippen LogP contribution in [0.4, 0.5) is 0 Å². The third-order valence-electron chi connectivity index (χ3n) is 3.24. The highest BCUT2D eigenvalue weighted by atomic mass is 16.4. The number of hydrogen-bond donors (Lipinski definition) is 2. The number of likely N-dealkylation sites (tertiary alicyclic amines) is 1. The number of nitrogens with one attached hydrogen (secondary N) is 1. The molecule has 5 nitrogen and oxygen atoms in total. The van der Waals surface area contributed by atoms with Crippen molar-refractivity contribution in [1.29, 1.82) is 0 Å². The fourth-order valence-electron chi connectivity index (χ4n) is 2.19. The zero-order valence-corrected chi connectivity index (χ0v) is 11.3. The lowest BCUT2D eigenvalue weighted by Gasteiger charge is -2.30. The van der Waals surface area contributed by atoms with Gasteiger partial charge in [0.05, 0.1) is 5.92 Å². The van der Waals surface area contributed by atoms with Crippen LogP contribution < -0.4 is 5.32 Å². The lowest BCUT2D eigenvalue weighted by Crippen LogP contribution is -2.42. The van der Waals surface area contributed by atoms with Gasteiger partial charge >= 0.3 is 5.97 Å². The van der Waals surface area contributed by atoms with Crippen LogP contribution in [-0.4, -0.2) is 47.6 Å². The number of rotatable bonds is 6. The van der Waals surface area contributed by atoms with E-state index in [2.05, 4.69) is 19.2 Å². The topological polar surface area (TPSA) is 69.6 Å². The van der Waals surface area contributed by atoms with Crippen molar-refractivity contribution < 1.29 is 14.7 Å². The Morgan fingerprint density at radius 3 is 2.78 bits per heavy atom. The van der Waals surface area contributed by atoms with Crippen molar-refractivity contribution >= 4 is 11.9 Å². The van der Waals surface area contributed by atoms with Gasteiger partial charge in [-0.1, -0.05) is 13.8 Å². The summed E-state index contributed by atoms with van der Waals surface area (Å²) < 4.78 is 0. The van der Waals surface area contributed by atoms with Crippen molar-refractivity contribution in [2.24, 2.45) is 5.92 Å². The molecule has 0 aromatic rings. The van der Waals surface area contributed by atoms with Gasteiger partial charge in [-0.3, -0.25) is 9.59 Å². The highest BCUT2D eigenvalue weighted by Crippen LogP contribution is 2.17. The molecule has 0 bridgehead atoms. The van der Waals surface area contributed by atoms with Gasteiger partial charge in [-0.15, -0.1) is 0 Å². The molecule has 18 heavy (non-hydrogen) atoms. The highest BCUT2D eigenvalue weighted by molar-refractivity contribution is 5.78. The second-order valence-electron chi connectivity index (χ2n) is 5.23. The molecule has 0 radical (unpaired) electrons. The lowest BCUT2D eigenvalue weighted by molar-refractivity contribution is -0.145. The van der Waals surface area contributed by atoms with Crippen molar-refractivity contribution in [3.05, 3.63) is 0 Å². The third-order valence-corrected chi connectivity index (χ3v) is 3.24. The first-order chi connectivity index (χ1) is 8.50. The van der Waals surface area contributed by atoms with Crippen LogP contribution in [0.3, 0.4) is 0 Å². The van der Waals surface area contributed by atoms with Crippen LogP contribution in [-0.2, 0) is 9.59 Å². The molecule has 104 valence electrons. The molecule has 0 aromatic carbocycles. The quantitative estimate of drug-likeness (QED) is 0.698. The van der Waals surface area contributed by atoms with Crippen LogP contribution in [0.15, 0.2) is 0 Å². The van der Waals surface area contributed by atoms with E-state index >= 15 is 0 Å². The summed E-state index contributed by atoms with van der Waals surface area (Å²) in [6.45, 7) is 6.07. The Bertz CT molecular complexity index is 292.